The van der Waals surface area contributed by atoms with Crippen molar-refractivity contribution in [3.8, 4) is 0 Å². The molecular formula is C14H10BrNO4. The van der Waals surface area contributed by atoms with Gasteiger partial charge in [-0.25, -0.2) is 4.79 Å². The van der Waals surface area contributed by atoms with Gasteiger partial charge in [-0.15, -0.1) is 0 Å². The number of benzene rings is 1. The Morgan fingerprint density at radius 1 is 1.20 bits per heavy atom. The summed E-state index contributed by atoms with van der Waals surface area (Å²) < 4.78 is 5.85. The fourth-order valence-electron chi connectivity index (χ4n) is 1.46. The number of rotatable bonds is 4. The quantitative estimate of drug-likeness (QED) is 0.842. The van der Waals surface area contributed by atoms with Crippen LogP contribution in [0, 0.1) is 0 Å². The van der Waals surface area contributed by atoms with Crippen LogP contribution in [0.25, 0.3) is 6.08 Å². The predicted octanol–water partition coefficient (Wildman–Crippen LogP) is 2.90. The highest BCUT2D eigenvalue weighted by Gasteiger charge is 2.13. The van der Waals surface area contributed by atoms with Crippen LogP contribution >= 0.6 is 15.9 Å². The molecule has 0 aliphatic carbocycles. The zero-order valence-corrected chi connectivity index (χ0v) is 11.8. The smallest absolute Gasteiger partial charge is 0.352 e. The second-order valence-corrected chi connectivity index (χ2v) is 4.76. The van der Waals surface area contributed by atoms with Gasteiger partial charge in [-0.2, -0.15) is 0 Å². The number of carbonyl (C=O) groups is 2. The first-order chi connectivity index (χ1) is 9.56. The van der Waals surface area contributed by atoms with Crippen LogP contribution in [0.1, 0.15) is 16.1 Å². The Bertz CT molecular complexity index is 644. The molecule has 5 nitrogen and oxygen atoms in total. The number of carbonyl (C=O) groups excluding carboxylic acids is 1. The molecule has 0 atom stereocenters. The van der Waals surface area contributed by atoms with E-state index >= 15 is 0 Å². The highest BCUT2D eigenvalue weighted by atomic mass is 79.9. The van der Waals surface area contributed by atoms with E-state index < -0.39 is 11.9 Å². The second kappa shape index (κ2) is 6.21. The Hall–Kier alpha value is -2.34. The summed E-state index contributed by atoms with van der Waals surface area (Å²) in [4.78, 5) is 23.1. The molecule has 2 rings (SSSR count). The zero-order valence-electron chi connectivity index (χ0n) is 10.2. The van der Waals surface area contributed by atoms with E-state index in [-0.39, 0.29) is 5.70 Å². The number of furan rings is 1. The van der Waals surface area contributed by atoms with Crippen molar-refractivity contribution in [2.24, 2.45) is 0 Å². The number of hydrogen-bond donors (Lipinski definition) is 2. The minimum atomic E-state index is -1.24. The Labute approximate surface area is 123 Å². The molecule has 0 unspecified atom stereocenters. The Morgan fingerprint density at radius 2 is 1.90 bits per heavy atom. The minimum absolute atomic E-state index is 0.257. The summed E-state index contributed by atoms with van der Waals surface area (Å²) in [6, 6.07) is 9.80. The highest BCUT2D eigenvalue weighted by Crippen LogP contribution is 2.11. The van der Waals surface area contributed by atoms with E-state index in [9.17, 15) is 9.59 Å². The van der Waals surface area contributed by atoms with Crippen molar-refractivity contribution in [2.45, 2.75) is 0 Å². The molecule has 1 aromatic carbocycles. The summed E-state index contributed by atoms with van der Waals surface area (Å²) in [5, 5.41) is 11.4. The Kier molecular flexibility index (Phi) is 4.37. The van der Waals surface area contributed by atoms with Crippen molar-refractivity contribution in [3.05, 3.63) is 64.2 Å². The topological polar surface area (TPSA) is 79.5 Å². The second-order valence-electron chi connectivity index (χ2n) is 3.84. The van der Waals surface area contributed by atoms with Crippen molar-refractivity contribution in [1.29, 1.82) is 0 Å². The molecule has 1 aromatic heterocycles. The first-order valence-electron chi connectivity index (χ1n) is 5.61. The van der Waals surface area contributed by atoms with Crippen molar-refractivity contribution in [3.63, 3.8) is 0 Å². The van der Waals surface area contributed by atoms with Gasteiger partial charge in [0.05, 0.1) is 6.26 Å². The molecule has 0 bridgehead atoms. The van der Waals surface area contributed by atoms with Crippen LogP contribution in [0.4, 0.5) is 0 Å². The number of hydrogen-bond acceptors (Lipinski definition) is 3. The summed E-state index contributed by atoms with van der Waals surface area (Å²) in [5.74, 6) is -1.40. The van der Waals surface area contributed by atoms with Gasteiger partial charge in [0.2, 0.25) is 0 Å². The molecule has 6 heteroatoms. The van der Waals surface area contributed by atoms with Gasteiger partial charge < -0.3 is 14.8 Å². The van der Waals surface area contributed by atoms with E-state index in [2.05, 4.69) is 21.2 Å². The van der Waals surface area contributed by atoms with Crippen LogP contribution < -0.4 is 5.32 Å². The van der Waals surface area contributed by atoms with Crippen molar-refractivity contribution in [1.82, 2.24) is 5.32 Å². The normalized spacial score (nSPS) is 11.2. The van der Waals surface area contributed by atoms with Crippen molar-refractivity contribution < 1.29 is 19.1 Å². The molecule has 0 aliphatic rings. The largest absolute Gasteiger partial charge is 0.477 e. The van der Waals surface area contributed by atoms with Crippen LogP contribution in [0.2, 0.25) is 0 Å². The first kappa shape index (κ1) is 14.1. The maximum atomic E-state index is 11.9. The van der Waals surface area contributed by atoms with E-state index in [1.807, 2.05) is 0 Å². The number of carboxylic acids is 1. The maximum absolute atomic E-state index is 11.9. The number of carboxylic acid groups (broad SMARTS) is 1. The minimum Gasteiger partial charge on any atom is -0.477 e. The molecule has 0 fully saturated rings. The molecule has 2 aromatic rings. The lowest BCUT2D eigenvalue weighted by molar-refractivity contribution is -0.132. The standard InChI is InChI=1S/C14H10BrNO4/c15-10-5-3-9(4-6-10)13(17)16-12(14(18)19)8-11-2-1-7-20-11/h1-8H,(H,16,17)(H,18,19). The lowest BCUT2D eigenvalue weighted by Gasteiger charge is -2.05. The third-order valence-corrected chi connectivity index (χ3v) is 2.94. The Morgan fingerprint density at radius 3 is 2.45 bits per heavy atom. The molecule has 20 heavy (non-hydrogen) atoms. The lowest BCUT2D eigenvalue weighted by atomic mass is 10.2. The van der Waals surface area contributed by atoms with Gasteiger partial charge in [0.15, 0.2) is 0 Å². The molecule has 0 aliphatic heterocycles. The van der Waals surface area contributed by atoms with Gasteiger partial charge in [-0.1, -0.05) is 15.9 Å². The van der Waals surface area contributed by atoms with Gasteiger partial charge >= 0.3 is 5.97 Å². The number of aliphatic carboxylic acids is 1. The average Bonchev–Trinajstić information content (AvgIpc) is 2.91. The third kappa shape index (κ3) is 3.58. The van der Waals surface area contributed by atoms with Crippen LogP contribution in [-0.4, -0.2) is 17.0 Å². The van der Waals surface area contributed by atoms with Gasteiger partial charge in [0.1, 0.15) is 11.5 Å². The zero-order chi connectivity index (χ0) is 14.5. The number of amides is 1. The third-order valence-electron chi connectivity index (χ3n) is 2.41. The fraction of sp³-hybridized carbons (Fsp3) is 0. The molecule has 0 radical (unpaired) electrons. The molecule has 0 saturated heterocycles. The van der Waals surface area contributed by atoms with Crippen molar-refractivity contribution >= 4 is 33.9 Å². The molecule has 1 amide bonds. The van der Waals surface area contributed by atoms with E-state index in [0.29, 0.717) is 11.3 Å². The average molecular weight is 336 g/mol. The van der Waals surface area contributed by atoms with E-state index in [1.54, 1.807) is 36.4 Å². The van der Waals surface area contributed by atoms with Crippen molar-refractivity contribution in [2.75, 3.05) is 0 Å². The monoisotopic (exact) mass is 335 g/mol. The van der Waals surface area contributed by atoms with Crippen LogP contribution in [0.3, 0.4) is 0 Å². The van der Waals surface area contributed by atoms with Gasteiger partial charge in [0, 0.05) is 16.1 Å². The molecule has 2 N–H and O–H groups in total. The number of nitrogens with one attached hydrogen (secondary N) is 1. The summed E-state index contributed by atoms with van der Waals surface area (Å²) >= 11 is 3.26. The molecular weight excluding hydrogens is 326 g/mol. The lowest BCUT2D eigenvalue weighted by Crippen LogP contribution is -2.27. The molecule has 0 spiro atoms. The van der Waals surface area contributed by atoms with E-state index in [0.717, 1.165) is 4.47 Å². The van der Waals surface area contributed by atoms with Crippen LogP contribution in [0.5, 0.6) is 0 Å². The number of halogens is 1. The summed E-state index contributed by atoms with van der Waals surface area (Å²) in [5.41, 5.74) is 0.104. The van der Waals surface area contributed by atoms with Gasteiger partial charge in [0.25, 0.3) is 5.91 Å². The van der Waals surface area contributed by atoms with Crippen LogP contribution in [0.15, 0.2) is 57.2 Å². The summed E-state index contributed by atoms with van der Waals surface area (Å²) in [6.45, 7) is 0. The van der Waals surface area contributed by atoms with Gasteiger partial charge in [-0.05, 0) is 36.4 Å². The van der Waals surface area contributed by atoms with Crippen LogP contribution in [-0.2, 0) is 4.79 Å². The first-order valence-corrected chi connectivity index (χ1v) is 6.41. The molecule has 1 heterocycles. The van der Waals surface area contributed by atoms with E-state index in [4.69, 9.17) is 9.52 Å². The molecule has 102 valence electrons. The van der Waals surface area contributed by atoms with Gasteiger partial charge in [-0.3, -0.25) is 4.79 Å². The Balaban J connectivity index is 2.18. The highest BCUT2D eigenvalue weighted by molar-refractivity contribution is 9.10. The van der Waals surface area contributed by atoms with E-state index in [1.165, 1.54) is 12.3 Å². The maximum Gasteiger partial charge on any atom is 0.352 e. The molecule has 0 saturated carbocycles. The fourth-order valence-corrected chi connectivity index (χ4v) is 1.73. The summed E-state index contributed by atoms with van der Waals surface area (Å²) in [7, 11) is 0. The predicted molar refractivity (Wildman–Crippen MR) is 75.9 cm³/mol. The summed E-state index contributed by atoms with van der Waals surface area (Å²) in [6.07, 6.45) is 2.67. The SMILES string of the molecule is O=C(O)C(=Cc1ccco1)NC(=O)c1ccc(Br)cc1.